The highest BCUT2D eigenvalue weighted by molar-refractivity contribution is 7.43. The van der Waals surface area contributed by atoms with Gasteiger partial charge in [0, 0.05) is 11.8 Å². The lowest BCUT2D eigenvalue weighted by molar-refractivity contribution is -0.342. The van der Waals surface area contributed by atoms with Crippen LogP contribution in [0.3, 0.4) is 0 Å². The van der Waals surface area contributed by atoms with Gasteiger partial charge in [-0.1, -0.05) is 0 Å². The summed E-state index contributed by atoms with van der Waals surface area (Å²) in [4.78, 5) is 45.8. The first kappa shape index (κ1) is 15.1. The van der Waals surface area contributed by atoms with E-state index in [0.29, 0.717) is 18.4 Å². The van der Waals surface area contributed by atoms with E-state index in [0.717, 1.165) is 0 Å². The fourth-order valence-corrected chi connectivity index (χ4v) is 2.34. The summed E-state index contributed by atoms with van der Waals surface area (Å²) in [5.41, 5.74) is -0.718. The zero-order chi connectivity index (χ0) is 14.9. The topological polar surface area (TPSA) is 137 Å². The number of phosphoric ester groups is 1. The van der Waals surface area contributed by atoms with Gasteiger partial charge in [0.15, 0.2) is 0 Å². The molecule has 0 radical (unpaired) electrons. The molecule has 2 heterocycles. The number of aromatic amines is 1. The van der Waals surface area contributed by atoms with Crippen LogP contribution in [0.15, 0.2) is 15.8 Å². The summed E-state index contributed by atoms with van der Waals surface area (Å²) in [5.74, 6) is 0. The summed E-state index contributed by atoms with van der Waals surface area (Å²) in [6.45, 7) is 1.17. The number of phosphoric acid groups is 1. The average molecular weight is 304 g/mol. The average Bonchev–Trinajstić information content (AvgIpc) is 2.79. The lowest BCUT2D eigenvalue weighted by Gasteiger charge is -2.29. The molecule has 1 aromatic heterocycles. The minimum Gasteiger partial charge on any atom is -0.790 e. The molecule has 112 valence electrons. The van der Waals surface area contributed by atoms with Crippen molar-refractivity contribution in [1.29, 1.82) is 0 Å². The van der Waals surface area contributed by atoms with Crippen molar-refractivity contribution in [2.24, 2.45) is 0 Å². The largest absolute Gasteiger partial charge is 0.790 e. The molecule has 20 heavy (non-hydrogen) atoms. The van der Waals surface area contributed by atoms with Crippen molar-refractivity contribution in [3.63, 3.8) is 0 Å². The number of nitrogens with zero attached hydrogens (tertiary/aromatic N) is 1. The van der Waals surface area contributed by atoms with Gasteiger partial charge in [0.05, 0.1) is 20.5 Å². The fourth-order valence-electron chi connectivity index (χ4n) is 1.99. The van der Waals surface area contributed by atoms with Crippen LogP contribution in [0.25, 0.3) is 0 Å². The van der Waals surface area contributed by atoms with E-state index in [9.17, 15) is 23.9 Å². The normalized spacial score (nSPS) is 23.1. The molecule has 1 aliphatic rings. The molecule has 0 unspecified atom stereocenters. The zero-order valence-corrected chi connectivity index (χ0v) is 11.5. The summed E-state index contributed by atoms with van der Waals surface area (Å²) < 4.78 is 21.2. The van der Waals surface area contributed by atoms with Crippen LogP contribution in [0, 0.1) is 6.92 Å². The predicted molar refractivity (Wildman–Crippen MR) is 62.8 cm³/mol. The van der Waals surface area contributed by atoms with E-state index in [2.05, 4.69) is 9.51 Å². The Morgan fingerprint density at radius 1 is 1.50 bits per heavy atom. The Labute approximate surface area is 113 Å². The van der Waals surface area contributed by atoms with Gasteiger partial charge in [-0.2, -0.15) is 0 Å². The van der Waals surface area contributed by atoms with E-state index < -0.39 is 31.4 Å². The lowest BCUT2D eigenvalue weighted by atomic mass is 10.2. The van der Waals surface area contributed by atoms with Crippen molar-refractivity contribution in [1.82, 2.24) is 9.55 Å². The monoisotopic (exact) mass is 304 g/mol. The number of nitrogens with one attached hydrogen (secondary N) is 1. The van der Waals surface area contributed by atoms with Crippen LogP contribution in [0.4, 0.5) is 0 Å². The number of hydrogen-bond donors (Lipinski definition) is 1. The third kappa shape index (κ3) is 3.65. The highest BCUT2D eigenvalue weighted by Crippen LogP contribution is 2.31. The fraction of sp³-hybridized carbons (Fsp3) is 0.600. The standard InChI is InChI=1S/C10H15N2O7P/c1-6-4-12(10(14)11-9(6)13)8-3-2-7(19-8)5-18-20(15,16)17/h4,7-8H,2-3,5H2,1H3,(H,11,13,14)(H2,15,16,17)/p-2/t7-,8-/m0/s1. The van der Waals surface area contributed by atoms with Crippen molar-refractivity contribution in [3.8, 4) is 0 Å². The van der Waals surface area contributed by atoms with E-state index in [4.69, 9.17) is 4.74 Å². The minimum absolute atomic E-state index is 0.358. The van der Waals surface area contributed by atoms with E-state index in [1.54, 1.807) is 6.92 Å². The summed E-state index contributed by atoms with van der Waals surface area (Å²) in [6.07, 6.45) is 1.05. The predicted octanol–water partition coefficient (Wildman–Crippen LogP) is -1.63. The van der Waals surface area contributed by atoms with Gasteiger partial charge >= 0.3 is 5.69 Å². The van der Waals surface area contributed by atoms with Crippen LogP contribution in [-0.4, -0.2) is 22.3 Å². The van der Waals surface area contributed by atoms with E-state index in [-0.39, 0.29) is 6.61 Å². The molecule has 9 nitrogen and oxygen atoms in total. The molecule has 0 bridgehead atoms. The van der Waals surface area contributed by atoms with Crippen molar-refractivity contribution in [2.45, 2.75) is 32.1 Å². The van der Waals surface area contributed by atoms with Crippen LogP contribution >= 0.6 is 7.82 Å². The Kier molecular flexibility index (Phi) is 4.26. The SMILES string of the molecule is Cc1cn([C@@H]2CC[C@@H](COP(=O)([O-])[O-])O2)c(=O)[nH]c1=O. The number of aryl methyl sites for hydroxylation is 1. The van der Waals surface area contributed by atoms with Gasteiger partial charge in [0.2, 0.25) is 0 Å². The van der Waals surface area contributed by atoms with Crippen molar-refractivity contribution in [3.05, 3.63) is 32.6 Å². The summed E-state index contributed by atoms with van der Waals surface area (Å²) in [7, 11) is -5.03. The molecular weight excluding hydrogens is 291 g/mol. The summed E-state index contributed by atoms with van der Waals surface area (Å²) in [5, 5.41) is 0. The Morgan fingerprint density at radius 2 is 2.20 bits per heavy atom. The van der Waals surface area contributed by atoms with Crippen LogP contribution in [0.5, 0.6) is 0 Å². The molecule has 1 saturated heterocycles. The maximum absolute atomic E-state index is 11.7. The third-order valence-electron chi connectivity index (χ3n) is 2.96. The first-order valence-corrected chi connectivity index (χ1v) is 7.36. The molecular formula is C10H13N2O7P-2. The van der Waals surface area contributed by atoms with Gasteiger partial charge in [-0.25, -0.2) is 4.79 Å². The van der Waals surface area contributed by atoms with Gasteiger partial charge in [-0.15, -0.1) is 0 Å². The Bertz CT molecular complexity index is 646. The van der Waals surface area contributed by atoms with Gasteiger partial charge in [-0.3, -0.25) is 14.3 Å². The molecule has 0 spiro atoms. The van der Waals surface area contributed by atoms with E-state index in [1.165, 1.54) is 10.8 Å². The van der Waals surface area contributed by atoms with Gasteiger partial charge in [0.25, 0.3) is 5.56 Å². The summed E-state index contributed by atoms with van der Waals surface area (Å²) >= 11 is 0. The van der Waals surface area contributed by atoms with E-state index in [1.807, 2.05) is 0 Å². The number of H-pyrrole nitrogens is 1. The molecule has 1 aromatic rings. The molecule has 1 N–H and O–H groups in total. The second-order valence-electron chi connectivity index (χ2n) is 4.51. The molecule has 0 amide bonds. The first-order valence-electron chi connectivity index (χ1n) is 5.90. The number of aromatic nitrogens is 2. The lowest BCUT2D eigenvalue weighted by Crippen LogP contribution is -2.33. The van der Waals surface area contributed by atoms with Crippen LogP contribution < -0.4 is 21.0 Å². The highest BCUT2D eigenvalue weighted by Gasteiger charge is 2.27. The first-order chi connectivity index (χ1) is 9.26. The number of ether oxygens (including phenoxy) is 1. The molecule has 0 aliphatic carbocycles. The minimum atomic E-state index is -5.03. The van der Waals surface area contributed by atoms with Gasteiger partial charge < -0.3 is 23.6 Å². The molecule has 1 fully saturated rings. The third-order valence-corrected chi connectivity index (χ3v) is 3.43. The smallest absolute Gasteiger partial charge is 0.330 e. The maximum atomic E-state index is 11.7. The number of hydrogen-bond acceptors (Lipinski definition) is 7. The van der Waals surface area contributed by atoms with Crippen LogP contribution in [0.2, 0.25) is 0 Å². The second kappa shape index (κ2) is 5.63. The molecule has 2 atom stereocenters. The van der Waals surface area contributed by atoms with Crippen molar-refractivity contribution < 1.29 is 23.6 Å². The van der Waals surface area contributed by atoms with Gasteiger partial charge in [0.1, 0.15) is 6.23 Å². The molecule has 0 saturated carbocycles. The Hall–Kier alpha value is -1.25. The van der Waals surface area contributed by atoms with Gasteiger partial charge in [-0.05, 0) is 19.8 Å². The quantitative estimate of drug-likeness (QED) is 0.659. The molecule has 10 heteroatoms. The molecule has 0 aromatic carbocycles. The highest BCUT2D eigenvalue weighted by atomic mass is 31.2. The molecule has 1 aliphatic heterocycles. The van der Waals surface area contributed by atoms with Crippen molar-refractivity contribution >= 4 is 7.82 Å². The zero-order valence-electron chi connectivity index (χ0n) is 10.6. The van der Waals surface area contributed by atoms with E-state index >= 15 is 0 Å². The second-order valence-corrected chi connectivity index (χ2v) is 5.66. The molecule has 2 rings (SSSR count). The summed E-state index contributed by atoms with van der Waals surface area (Å²) in [6, 6.07) is 0. The Balaban J connectivity index is 2.06. The Morgan fingerprint density at radius 3 is 2.85 bits per heavy atom. The maximum Gasteiger partial charge on any atom is 0.330 e. The van der Waals surface area contributed by atoms with Crippen molar-refractivity contribution in [2.75, 3.05) is 6.61 Å². The van der Waals surface area contributed by atoms with Crippen LogP contribution in [0.1, 0.15) is 24.6 Å². The number of rotatable bonds is 4. The van der Waals surface area contributed by atoms with Crippen LogP contribution in [-0.2, 0) is 13.8 Å².